The highest BCUT2D eigenvalue weighted by Gasteiger charge is 2.16. The Morgan fingerprint density at radius 3 is 2.69 bits per heavy atom. The van der Waals surface area contributed by atoms with Crippen LogP contribution in [0.15, 0.2) is 12.4 Å². The van der Waals surface area contributed by atoms with Crippen LogP contribution in [-0.4, -0.2) is 42.2 Å². The Balaban J connectivity index is 2.05. The van der Waals surface area contributed by atoms with Crippen molar-refractivity contribution in [3.05, 3.63) is 12.4 Å². The molecule has 0 unspecified atom stereocenters. The van der Waals surface area contributed by atoms with Crippen molar-refractivity contribution in [2.24, 2.45) is 0 Å². The predicted octanol–water partition coefficient (Wildman–Crippen LogP) is 0.706. The summed E-state index contributed by atoms with van der Waals surface area (Å²) in [5.41, 5.74) is 0. The summed E-state index contributed by atoms with van der Waals surface area (Å²) in [5.74, 6) is 1.91. The molecular formula is C11H19N5. The molecule has 1 aliphatic rings. The predicted molar refractivity (Wildman–Crippen MR) is 65.9 cm³/mol. The van der Waals surface area contributed by atoms with Gasteiger partial charge in [-0.05, 0) is 13.8 Å². The second-order valence-electron chi connectivity index (χ2n) is 3.93. The Kier molecular flexibility index (Phi) is 3.56. The number of anilines is 2. The third-order valence-corrected chi connectivity index (χ3v) is 2.87. The van der Waals surface area contributed by atoms with E-state index in [-0.39, 0.29) is 0 Å². The lowest BCUT2D eigenvalue weighted by molar-refractivity contribution is 0.471. The summed E-state index contributed by atoms with van der Waals surface area (Å²) in [5, 5.41) is 6.61. The van der Waals surface area contributed by atoms with E-state index in [1.54, 1.807) is 6.33 Å². The van der Waals surface area contributed by atoms with Gasteiger partial charge >= 0.3 is 0 Å². The Labute approximate surface area is 96.3 Å². The first-order valence-corrected chi connectivity index (χ1v) is 5.87. The highest BCUT2D eigenvalue weighted by molar-refractivity contribution is 5.49. The maximum Gasteiger partial charge on any atom is 0.134 e. The molecule has 1 aromatic heterocycles. The number of nitrogens with one attached hydrogen (secondary N) is 2. The van der Waals surface area contributed by atoms with E-state index in [1.165, 1.54) is 0 Å². The maximum atomic E-state index is 4.29. The lowest BCUT2D eigenvalue weighted by Crippen LogP contribution is -2.51. The molecule has 2 heterocycles. The average Bonchev–Trinajstić information content (AvgIpc) is 2.26. The Morgan fingerprint density at radius 1 is 1.38 bits per heavy atom. The van der Waals surface area contributed by atoms with Gasteiger partial charge in [-0.25, -0.2) is 9.97 Å². The van der Waals surface area contributed by atoms with Crippen LogP contribution in [0, 0.1) is 0 Å². The summed E-state index contributed by atoms with van der Waals surface area (Å²) >= 11 is 0. The molecular weight excluding hydrogens is 202 g/mol. The molecule has 2 rings (SSSR count). The van der Waals surface area contributed by atoms with Gasteiger partial charge in [-0.2, -0.15) is 0 Å². The molecule has 5 nitrogen and oxygen atoms in total. The first kappa shape index (κ1) is 11.1. The molecule has 0 aromatic carbocycles. The van der Waals surface area contributed by atoms with Gasteiger partial charge < -0.3 is 15.5 Å². The second-order valence-corrected chi connectivity index (χ2v) is 3.93. The van der Waals surface area contributed by atoms with Crippen molar-refractivity contribution >= 4 is 11.6 Å². The molecule has 1 aliphatic heterocycles. The van der Waals surface area contributed by atoms with Crippen LogP contribution in [0.5, 0.6) is 0 Å². The molecule has 0 aliphatic carbocycles. The third kappa shape index (κ3) is 2.41. The van der Waals surface area contributed by atoms with E-state index in [1.807, 2.05) is 6.07 Å². The summed E-state index contributed by atoms with van der Waals surface area (Å²) in [6, 6.07) is 2.53. The van der Waals surface area contributed by atoms with Crippen molar-refractivity contribution in [1.82, 2.24) is 15.3 Å². The summed E-state index contributed by atoms with van der Waals surface area (Å²) in [7, 11) is 0. The summed E-state index contributed by atoms with van der Waals surface area (Å²) in [6.45, 7) is 8.24. The summed E-state index contributed by atoms with van der Waals surface area (Å²) in [4.78, 5) is 10.7. The van der Waals surface area contributed by atoms with Crippen LogP contribution >= 0.6 is 0 Å². The van der Waals surface area contributed by atoms with Crippen molar-refractivity contribution in [2.45, 2.75) is 19.9 Å². The number of rotatable bonds is 5. The van der Waals surface area contributed by atoms with Gasteiger partial charge in [-0.15, -0.1) is 0 Å². The zero-order valence-corrected chi connectivity index (χ0v) is 9.90. The topological polar surface area (TPSA) is 53.1 Å². The van der Waals surface area contributed by atoms with Gasteiger partial charge in [0.15, 0.2) is 0 Å². The molecule has 0 atom stereocenters. The quantitative estimate of drug-likeness (QED) is 0.767. The van der Waals surface area contributed by atoms with Crippen LogP contribution in [0.2, 0.25) is 0 Å². The average molecular weight is 221 g/mol. The van der Waals surface area contributed by atoms with Gasteiger partial charge in [0.25, 0.3) is 0 Å². The third-order valence-electron chi connectivity index (χ3n) is 2.87. The zero-order valence-electron chi connectivity index (χ0n) is 9.90. The van der Waals surface area contributed by atoms with Crippen molar-refractivity contribution in [2.75, 3.05) is 36.4 Å². The van der Waals surface area contributed by atoms with Crippen LogP contribution in [0.1, 0.15) is 13.8 Å². The molecule has 1 saturated heterocycles. The molecule has 5 heteroatoms. The molecule has 0 radical (unpaired) electrons. The molecule has 1 fully saturated rings. The normalized spacial score (nSPS) is 15.6. The summed E-state index contributed by atoms with van der Waals surface area (Å²) in [6.07, 6.45) is 1.63. The van der Waals surface area contributed by atoms with E-state index < -0.39 is 0 Å². The zero-order chi connectivity index (χ0) is 11.4. The van der Waals surface area contributed by atoms with E-state index in [9.17, 15) is 0 Å². The molecule has 0 bridgehead atoms. The standard InChI is InChI=1S/C11H19N5/c1-3-16(4-2)11-5-10(13-8-14-11)15-9-6-12-7-9/h5,8-9,12H,3-4,6-7H2,1-2H3,(H,13,14,15). The van der Waals surface area contributed by atoms with Gasteiger partial charge in [-0.1, -0.05) is 0 Å². The lowest BCUT2D eigenvalue weighted by atomic mass is 10.2. The molecule has 2 N–H and O–H groups in total. The minimum absolute atomic E-state index is 0.513. The minimum atomic E-state index is 0.513. The van der Waals surface area contributed by atoms with Crippen LogP contribution in [0.25, 0.3) is 0 Å². The van der Waals surface area contributed by atoms with Crippen LogP contribution in [-0.2, 0) is 0 Å². The SMILES string of the molecule is CCN(CC)c1cc(NC2CNC2)ncn1. The Morgan fingerprint density at radius 2 is 2.12 bits per heavy atom. The van der Waals surface area contributed by atoms with Crippen molar-refractivity contribution in [1.29, 1.82) is 0 Å². The van der Waals surface area contributed by atoms with Crippen LogP contribution in [0.4, 0.5) is 11.6 Å². The molecule has 0 amide bonds. The van der Waals surface area contributed by atoms with Crippen molar-refractivity contribution in [3.8, 4) is 0 Å². The Hall–Kier alpha value is -1.36. The highest BCUT2D eigenvalue weighted by atomic mass is 15.2. The highest BCUT2D eigenvalue weighted by Crippen LogP contribution is 2.14. The smallest absolute Gasteiger partial charge is 0.134 e. The molecule has 0 saturated carbocycles. The number of aromatic nitrogens is 2. The number of hydrogen-bond donors (Lipinski definition) is 2. The van der Waals surface area contributed by atoms with Crippen molar-refractivity contribution < 1.29 is 0 Å². The minimum Gasteiger partial charge on any atom is -0.365 e. The Bertz CT molecular complexity index is 333. The largest absolute Gasteiger partial charge is 0.365 e. The fraction of sp³-hybridized carbons (Fsp3) is 0.636. The van der Waals surface area contributed by atoms with E-state index in [0.717, 1.165) is 37.8 Å². The van der Waals surface area contributed by atoms with Gasteiger partial charge in [0.05, 0.1) is 6.04 Å². The molecule has 88 valence electrons. The van der Waals surface area contributed by atoms with E-state index in [0.29, 0.717) is 6.04 Å². The summed E-state index contributed by atoms with van der Waals surface area (Å²) < 4.78 is 0. The van der Waals surface area contributed by atoms with Crippen LogP contribution < -0.4 is 15.5 Å². The van der Waals surface area contributed by atoms with Gasteiger partial charge in [0.1, 0.15) is 18.0 Å². The van der Waals surface area contributed by atoms with E-state index in [2.05, 4.69) is 39.3 Å². The second kappa shape index (κ2) is 5.12. The first-order chi connectivity index (χ1) is 7.83. The maximum absolute atomic E-state index is 4.29. The monoisotopic (exact) mass is 221 g/mol. The first-order valence-electron chi connectivity index (χ1n) is 5.87. The molecule has 0 spiro atoms. The van der Waals surface area contributed by atoms with E-state index >= 15 is 0 Å². The van der Waals surface area contributed by atoms with E-state index in [4.69, 9.17) is 0 Å². The van der Waals surface area contributed by atoms with Gasteiger partial charge in [-0.3, -0.25) is 0 Å². The molecule has 16 heavy (non-hydrogen) atoms. The number of hydrogen-bond acceptors (Lipinski definition) is 5. The lowest BCUT2D eigenvalue weighted by Gasteiger charge is -2.28. The van der Waals surface area contributed by atoms with Gasteiger partial charge in [0, 0.05) is 32.2 Å². The fourth-order valence-electron chi connectivity index (χ4n) is 1.75. The van der Waals surface area contributed by atoms with Crippen molar-refractivity contribution in [3.63, 3.8) is 0 Å². The fourth-order valence-corrected chi connectivity index (χ4v) is 1.75. The molecule has 1 aromatic rings. The number of nitrogens with zero attached hydrogens (tertiary/aromatic N) is 3. The van der Waals surface area contributed by atoms with Crippen LogP contribution in [0.3, 0.4) is 0 Å². The van der Waals surface area contributed by atoms with Gasteiger partial charge in [0.2, 0.25) is 0 Å².